The van der Waals surface area contributed by atoms with E-state index in [4.69, 9.17) is 14.6 Å². The van der Waals surface area contributed by atoms with Gasteiger partial charge in [0.1, 0.15) is 19.3 Å². The second-order valence-corrected chi connectivity index (χ2v) is 8.85. The number of nitrogens with zero attached hydrogens (tertiary/aromatic N) is 2. The summed E-state index contributed by atoms with van der Waals surface area (Å²) in [4.78, 5) is 15.1. The van der Waals surface area contributed by atoms with Crippen LogP contribution in [0, 0.1) is 6.92 Å². The first-order valence-electron chi connectivity index (χ1n) is 10.9. The van der Waals surface area contributed by atoms with E-state index in [0.29, 0.717) is 13.2 Å². The van der Waals surface area contributed by atoms with Gasteiger partial charge in [-0.15, -0.1) is 0 Å². The van der Waals surface area contributed by atoms with Gasteiger partial charge in [-0.25, -0.2) is 4.79 Å². The molecule has 4 aromatic rings. The molecule has 7 nitrogen and oxygen atoms in total. The van der Waals surface area contributed by atoms with Gasteiger partial charge >= 0.3 is 5.97 Å². The molecule has 1 aromatic heterocycles. The molecular weight excluding hydrogens is 450 g/mol. The Labute approximate surface area is 200 Å². The first-order valence-corrected chi connectivity index (χ1v) is 11.7. The van der Waals surface area contributed by atoms with E-state index in [1.165, 1.54) is 11.5 Å². The van der Waals surface area contributed by atoms with Gasteiger partial charge < -0.3 is 19.9 Å². The Morgan fingerprint density at radius 3 is 2.79 bits per heavy atom. The summed E-state index contributed by atoms with van der Waals surface area (Å²) >= 11 is 1.39. The van der Waals surface area contributed by atoms with E-state index >= 15 is 0 Å². The van der Waals surface area contributed by atoms with E-state index in [0.717, 1.165) is 55.3 Å². The summed E-state index contributed by atoms with van der Waals surface area (Å²) in [5.74, 6) is 1.38. The topological polar surface area (TPSA) is 93.0 Å². The minimum Gasteiger partial charge on any atom is -0.486 e. The summed E-state index contributed by atoms with van der Waals surface area (Å²) < 4.78 is 17.0. The van der Waals surface area contributed by atoms with Crippen LogP contribution in [0.5, 0.6) is 11.5 Å². The smallest absolute Gasteiger partial charge is 0.328 e. The van der Waals surface area contributed by atoms with Gasteiger partial charge in [0.05, 0.1) is 4.70 Å². The van der Waals surface area contributed by atoms with Crippen LogP contribution in [0.1, 0.15) is 18.1 Å². The highest BCUT2D eigenvalue weighted by Gasteiger charge is 2.15. The molecule has 5 rings (SSSR count). The average molecular weight is 474 g/mol. The van der Waals surface area contributed by atoms with E-state index in [2.05, 4.69) is 27.7 Å². The van der Waals surface area contributed by atoms with E-state index in [-0.39, 0.29) is 0 Å². The molecule has 0 saturated carbocycles. The quantitative estimate of drug-likeness (QED) is 0.350. The third-order valence-corrected chi connectivity index (χ3v) is 6.55. The zero-order valence-corrected chi connectivity index (χ0v) is 19.6. The van der Waals surface area contributed by atoms with Crippen molar-refractivity contribution in [2.75, 3.05) is 18.5 Å². The maximum absolute atomic E-state index is 11.0. The van der Waals surface area contributed by atoms with E-state index in [1.807, 2.05) is 48.5 Å². The third kappa shape index (κ3) is 4.32. The van der Waals surface area contributed by atoms with Gasteiger partial charge in [0.15, 0.2) is 17.3 Å². The Kier molecular flexibility index (Phi) is 5.90. The van der Waals surface area contributed by atoms with Crippen LogP contribution in [0.2, 0.25) is 0 Å². The van der Waals surface area contributed by atoms with Crippen LogP contribution in [-0.4, -0.2) is 40.9 Å². The van der Waals surface area contributed by atoms with Crippen LogP contribution in [-0.2, 0) is 4.79 Å². The normalized spacial score (nSPS) is 13.8. The highest BCUT2D eigenvalue weighted by atomic mass is 32.1. The molecule has 1 aliphatic rings. The number of carbonyl (C=O) groups is 1. The van der Waals surface area contributed by atoms with Gasteiger partial charge in [-0.2, -0.15) is 4.37 Å². The third-order valence-electron chi connectivity index (χ3n) is 5.74. The number of rotatable bonds is 6. The van der Waals surface area contributed by atoms with Crippen molar-refractivity contribution in [2.45, 2.75) is 19.9 Å². The van der Waals surface area contributed by atoms with E-state index in [1.54, 1.807) is 13.1 Å². The van der Waals surface area contributed by atoms with Crippen LogP contribution < -0.4 is 14.8 Å². The first kappa shape index (κ1) is 21.9. The van der Waals surface area contributed by atoms with Crippen LogP contribution in [0.15, 0.2) is 59.6 Å². The summed E-state index contributed by atoms with van der Waals surface area (Å²) in [7, 11) is 0. The van der Waals surface area contributed by atoms with Gasteiger partial charge in [-0.3, -0.25) is 4.99 Å². The molecule has 1 unspecified atom stereocenters. The number of carboxylic acids is 1. The highest BCUT2D eigenvalue weighted by Crippen LogP contribution is 2.38. The summed E-state index contributed by atoms with van der Waals surface area (Å²) in [5.41, 5.74) is 5.08. The minimum atomic E-state index is -0.949. The molecule has 3 aromatic carbocycles. The van der Waals surface area contributed by atoms with Gasteiger partial charge in [-0.1, -0.05) is 24.3 Å². The van der Waals surface area contributed by atoms with Crippen LogP contribution in [0.25, 0.3) is 21.2 Å². The molecular formula is C26H23N3O4S. The van der Waals surface area contributed by atoms with Gasteiger partial charge in [0.2, 0.25) is 0 Å². The molecule has 0 fully saturated rings. The van der Waals surface area contributed by atoms with Gasteiger partial charge in [0.25, 0.3) is 0 Å². The molecule has 0 bridgehead atoms. The predicted octanol–water partition coefficient (Wildman–Crippen LogP) is 5.68. The molecule has 0 radical (unpaired) electrons. The largest absolute Gasteiger partial charge is 0.486 e. The number of benzene rings is 3. The summed E-state index contributed by atoms with van der Waals surface area (Å²) in [6, 6.07) is 17.3. The Hall–Kier alpha value is -3.91. The van der Waals surface area contributed by atoms with Crippen LogP contribution in [0.3, 0.4) is 0 Å². The van der Waals surface area contributed by atoms with Crippen molar-refractivity contribution in [3.8, 4) is 22.6 Å². The fourth-order valence-corrected chi connectivity index (χ4v) is 4.59. The van der Waals surface area contributed by atoms with Crippen LogP contribution in [0.4, 0.5) is 11.5 Å². The number of aromatic nitrogens is 1. The Bertz CT molecular complexity index is 1410. The van der Waals surface area contributed by atoms with E-state index in [9.17, 15) is 4.79 Å². The number of anilines is 2. The lowest BCUT2D eigenvalue weighted by molar-refractivity contribution is -0.137. The molecule has 0 spiro atoms. The minimum absolute atomic E-state index is 0.556. The molecule has 8 heteroatoms. The van der Waals surface area contributed by atoms with Crippen molar-refractivity contribution in [3.63, 3.8) is 0 Å². The number of aliphatic carboxylic acids is 1. The van der Waals surface area contributed by atoms with Crippen LogP contribution >= 0.6 is 11.5 Å². The molecule has 0 amide bonds. The molecule has 1 atom stereocenters. The predicted molar refractivity (Wildman–Crippen MR) is 135 cm³/mol. The van der Waals surface area contributed by atoms with Crippen molar-refractivity contribution in [1.29, 1.82) is 0 Å². The molecule has 2 heterocycles. The molecule has 0 aliphatic carbocycles. The first-order chi connectivity index (χ1) is 16.5. The van der Waals surface area contributed by atoms with E-state index < -0.39 is 12.0 Å². The number of aliphatic imine (C=N–C) groups is 1. The number of fused-ring (bicyclic) bond motifs is 2. The number of hydrogen-bond donors (Lipinski definition) is 2. The summed E-state index contributed by atoms with van der Waals surface area (Å²) in [6.07, 6.45) is 1.59. The summed E-state index contributed by atoms with van der Waals surface area (Å²) in [6.45, 7) is 4.76. The van der Waals surface area contributed by atoms with Gasteiger partial charge in [-0.05, 0) is 78.0 Å². The molecule has 2 N–H and O–H groups in total. The maximum atomic E-state index is 11.0. The molecule has 0 saturated heterocycles. The van der Waals surface area contributed by atoms with Crippen molar-refractivity contribution in [2.24, 2.45) is 4.99 Å². The number of nitrogens with one attached hydrogen (secondary N) is 1. The Morgan fingerprint density at radius 1 is 1.15 bits per heavy atom. The summed E-state index contributed by atoms with van der Waals surface area (Å²) in [5, 5.41) is 13.5. The Morgan fingerprint density at radius 2 is 1.97 bits per heavy atom. The van der Waals surface area contributed by atoms with Crippen molar-refractivity contribution in [3.05, 3.63) is 65.7 Å². The second kappa shape index (κ2) is 9.15. The molecule has 1 aliphatic heterocycles. The molecule has 34 heavy (non-hydrogen) atoms. The lowest BCUT2D eigenvalue weighted by atomic mass is 9.98. The standard InChI is InChI=1S/C26H23N3O4S/c1-15-19(18-7-9-22-23(13-18)33-11-10-32-22)4-3-5-21(15)28-25-20-8-6-17(12-24(20)34-29-25)14-27-16(2)26(30)31/h3-9,12-14,16H,10-11H2,1-2H3,(H,28,29)(H,30,31). The lowest BCUT2D eigenvalue weighted by Gasteiger charge is -2.19. The Balaban J connectivity index is 1.41. The maximum Gasteiger partial charge on any atom is 0.328 e. The van der Waals surface area contributed by atoms with Gasteiger partial charge in [0, 0.05) is 17.3 Å². The second-order valence-electron chi connectivity index (χ2n) is 8.04. The monoisotopic (exact) mass is 473 g/mol. The number of ether oxygens (including phenoxy) is 2. The van der Waals surface area contributed by atoms with Crippen molar-refractivity contribution < 1.29 is 19.4 Å². The zero-order chi connectivity index (χ0) is 23.7. The number of carboxylic acid groups (broad SMARTS) is 1. The van der Waals surface area contributed by atoms with Crippen molar-refractivity contribution >= 4 is 45.3 Å². The SMILES string of the molecule is Cc1c(Nc2nsc3cc(C=NC(C)C(=O)O)ccc23)cccc1-c1ccc2c(c1)OCCO2. The lowest BCUT2D eigenvalue weighted by Crippen LogP contribution is -2.15. The zero-order valence-electron chi connectivity index (χ0n) is 18.7. The number of hydrogen-bond acceptors (Lipinski definition) is 7. The fraction of sp³-hybridized carbons (Fsp3) is 0.192. The van der Waals surface area contributed by atoms with Crippen molar-refractivity contribution in [1.82, 2.24) is 4.37 Å². The fourth-order valence-electron chi connectivity index (χ4n) is 3.81. The highest BCUT2D eigenvalue weighted by molar-refractivity contribution is 7.13. The average Bonchev–Trinajstić information content (AvgIpc) is 3.25. The molecule has 172 valence electrons.